The summed E-state index contributed by atoms with van der Waals surface area (Å²) in [7, 11) is 0. The van der Waals surface area contributed by atoms with Gasteiger partial charge in [0.25, 0.3) is 0 Å². The van der Waals surface area contributed by atoms with Crippen molar-refractivity contribution in [1.29, 1.82) is 0 Å². The summed E-state index contributed by atoms with van der Waals surface area (Å²) in [6.45, 7) is 6.61. The second-order valence-electron chi connectivity index (χ2n) is 5.51. The highest BCUT2D eigenvalue weighted by molar-refractivity contribution is 6.36. The largest absolute Gasteiger partial charge is 0.481 e. The van der Waals surface area contributed by atoms with Crippen LogP contribution in [-0.4, -0.2) is 17.1 Å². The first kappa shape index (κ1) is 17.8. The zero-order chi connectivity index (χ0) is 16.0. The molecule has 0 aliphatic rings. The van der Waals surface area contributed by atoms with Crippen molar-refractivity contribution in [1.82, 2.24) is 5.32 Å². The first-order chi connectivity index (χ1) is 9.73. The maximum absolute atomic E-state index is 11.1. The molecule has 0 aliphatic carbocycles. The van der Waals surface area contributed by atoms with Crippen LogP contribution < -0.4 is 10.1 Å². The number of nitro benzene ring substituents is 1. The maximum atomic E-state index is 11.1. The minimum atomic E-state index is -0.478. The number of nitro groups is 1. The van der Waals surface area contributed by atoms with Crippen molar-refractivity contribution in [3.05, 3.63) is 44.4 Å². The van der Waals surface area contributed by atoms with Gasteiger partial charge in [0.2, 0.25) is 0 Å². The molecule has 0 radical (unpaired) electrons. The summed E-state index contributed by atoms with van der Waals surface area (Å²) in [5.74, 6) is 0.163. The predicted octanol–water partition coefficient (Wildman–Crippen LogP) is 4.18. The molecule has 0 fully saturated rings. The molecule has 1 rings (SSSR count). The quantitative estimate of drug-likeness (QED) is 0.626. The lowest BCUT2D eigenvalue weighted by molar-refractivity contribution is -0.385. The minimum Gasteiger partial charge on any atom is -0.481 e. The van der Waals surface area contributed by atoms with E-state index in [1.165, 1.54) is 6.07 Å². The minimum absolute atomic E-state index is 0.00845. The van der Waals surface area contributed by atoms with E-state index in [4.69, 9.17) is 27.9 Å². The van der Waals surface area contributed by atoms with Gasteiger partial charge >= 0.3 is 5.69 Å². The van der Waals surface area contributed by atoms with E-state index < -0.39 is 4.92 Å². The molecule has 0 saturated carbocycles. The van der Waals surface area contributed by atoms with Gasteiger partial charge in [-0.2, -0.15) is 0 Å². The molecule has 7 heteroatoms. The molecule has 0 saturated heterocycles. The van der Waals surface area contributed by atoms with E-state index in [0.717, 1.165) is 11.1 Å². The lowest BCUT2D eigenvalue weighted by Crippen LogP contribution is -2.35. The van der Waals surface area contributed by atoms with E-state index in [0.29, 0.717) is 6.54 Å². The Bertz CT molecular complexity index is 540. The molecule has 0 aliphatic heterocycles. The first-order valence-corrected chi connectivity index (χ1v) is 7.14. The zero-order valence-electron chi connectivity index (χ0n) is 12.2. The number of halogens is 2. The molecule has 5 nitrogen and oxygen atoms in total. The number of hydrogen-bond acceptors (Lipinski definition) is 4. The molecule has 1 aromatic rings. The lowest BCUT2D eigenvalue weighted by atomic mass is 10.1. The predicted molar refractivity (Wildman–Crippen MR) is 85.0 cm³/mol. The molecule has 0 bridgehead atoms. The highest BCUT2D eigenvalue weighted by Gasteiger charge is 2.17. The van der Waals surface area contributed by atoms with E-state index in [1.807, 2.05) is 20.8 Å². The van der Waals surface area contributed by atoms with E-state index in [9.17, 15) is 10.1 Å². The summed E-state index contributed by atoms with van der Waals surface area (Å²) in [6, 6.07) is 4.84. The van der Waals surface area contributed by atoms with E-state index in [1.54, 1.807) is 12.1 Å². The average Bonchev–Trinajstić information content (AvgIpc) is 2.41. The van der Waals surface area contributed by atoms with Gasteiger partial charge in [-0.25, -0.2) is 0 Å². The Morgan fingerprint density at radius 1 is 1.48 bits per heavy atom. The van der Waals surface area contributed by atoms with Gasteiger partial charge in [0.1, 0.15) is 6.61 Å². The van der Waals surface area contributed by atoms with Gasteiger partial charge in [0, 0.05) is 23.7 Å². The van der Waals surface area contributed by atoms with Crippen molar-refractivity contribution >= 4 is 28.9 Å². The van der Waals surface area contributed by atoms with Crippen molar-refractivity contribution in [2.45, 2.75) is 32.9 Å². The fourth-order valence-electron chi connectivity index (χ4n) is 1.48. The van der Waals surface area contributed by atoms with Crippen molar-refractivity contribution in [2.75, 3.05) is 6.61 Å². The zero-order valence-corrected chi connectivity index (χ0v) is 13.7. The van der Waals surface area contributed by atoms with Crippen LogP contribution in [0.1, 0.15) is 26.3 Å². The molecule has 0 amide bonds. The Balaban J connectivity index is 2.89. The molecular weight excluding hydrogens is 315 g/mol. The monoisotopic (exact) mass is 332 g/mol. The summed E-state index contributed by atoms with van der Waals surface area (Å²) >= 11 is 11.1. The van der Waals surface area contributed by atoms with Gasteiger partial charge in [0.15, 0.2) is 5.75 Å². The van der Waals surface area contributed by atoms with Crippen molar-refractivity contribution in [3.63, 3.8) is 0 Å². The second kappa shape index (κ2) is 7.64. The third kappa shape index (κ3) is 6.33. The van der Waals surface area contributed by atoms with Gasteiger partial charge in [-0.05, 0) is 32.4 Å². The van der Waals surface area contributed by atoms with Crippen LogP contribution in [0.5, 0.6) is 5.75 Å². The molecule has 0 spiro atoms. The normalized spacial score (nSPS) is 12.3. The molecule has 116 valence electrons. The molecular formula is C14H18Cl2N2O3. The topological polar surface area (TPSA) is 64.4 Å². The highest BCUT2D eigenvalue weighted by atomic mass is 35.5. The number of benzene rings is 1. The van der Waals surface area contributed by atoms with Crippen LogP contribution in [-0.2, 0) is 6.54 Å². The molecule has 0 heterocycles. The summed E-state index contributed by atoms with van der Waals surface area (Å²) in [6.07, 6.45) is 0. The number of hydrogen-bond donors (Lipinski definition) is 1. The molecule has 0 atom stereocenters. The van der Waals surface area contributed by atoms with E-state index in [-0.39, 0.29) is 28.6 Å². The maximum Gasteiger partial charge on any atom is 0.311 e. The van der Waals surface area contributed by atoms with Crippen molar-refractivity contribution < 1.29 is 9.66 Å². The van der Waals surface area contributed by atoms with Gasteiger partial charge in [0.05, 0.1) is 9.96 Å². The van der Waals surface area contributed by atoms with Crippen LogP contribution in [0, 0.1) is 10.1 Å². The molecule has 21 heavy (non-hydrogen) atoms. The van der Waals surface area contributed by atoms with Gasteiger partial charge < -0.3 is 10.1 Å². The van der Waals surface area contributed by atoms with Gasteiger partial charge in [-0.1, -0.05) is 29.3 Å². The first-order valence-electron chi connectivity index (χ1n) is 6.33. The number of nitrogens with one attached hydrogen (secondary N) is 1. The van der Waals surface area contributed by atoms with E-state index in [2.05, 4.69) is 5.32 Å². The van der Waals surface area contributed by atoms with Crippen molar-refractivity contribution in [3.8, 4) is 5.75 Å². The van der Waals surface area contributed by atoms with Gasteiger partial charge in [-0.15, -0.1) is 0 Å². The highest BCUT2D eigenvalue weighted by Crippen LogP contribution is 2.28. The summed E-state index contributed by atoms with van der Waals surface area (Å²) in [5.41, 5.74) is 1.81. The molecule has 0 unspecified atom stereocenters. The Morgan fingerprint density at radius 3 is 2.67 bits per heavy atom. The summed E-state index contributed by atoms with van der Waals surface area (Å²) in [5, 5.41) is 14.7. The van der Waals surface area contributed by atoms with Crippen LogP contribution in [0.25, 0.3) is 0 Å². The molecule has 1 aromatic carbocycles. The van der Waals surface area contributed by atoms with E-state index >= 15 is 0 Å². The van der Waals surface area contributed by atoms with Crippen LogP contribution in [0.4, 0.5) is 5.69 Å². The number of nitrogens with zero attached hydrogens (tertiary/aromatic N) is 1. The smallest absolute Gasteiger partial charge is 0.311 e. The Labute approximate surface area is 134 Å². The SMILES string of the molecule is CC(C)(C)NCc1ccc(OCC(Cl)=CCl)c([N+](=O)[O-])c1. The lowest BCUT2D eigenvalue weighted by Gasteiger charge is -2.20. The van der Waals surface area contributed by atoms with Crippen LogP contribution in [0.3, 0.4) is 0 Å². The molecule has 1 N–H and O–H groups in total. The Morgan fingerprint density at radius 2 is 2.14 bits per heavy atom. The fourth-order valence-corrected chi connectivity index (χ4v) is 1.60. The van der Waals surface area contributed by atoms with Crippen molar-refractivity contribution in [2.24, 2.45) is 0 Å². The average molecular weight is 333 g/mol. The standard InChI is InChI=1S/C14H18Cl2N2O3/c1-14(2,3)17-8-10-4-5-13(12(6-10)18(19)20)21-9-11(16)7-15/h4-7,17H,8-9H2,1-3H3. The molecule has 0 aromatic heterocycles. The summed E-state index contributed by atoms with van der Waals surface area (Å²) < 4.78 is 5.30. The Hall–Kier alpha value is -1.30. The third-order valence-electron chi connectivity index (χ3n) is 2.53. The van der Waals surface area contributed by atoms with Crippen LogP contribution in [0.2, 0.25) is 0 Å². The van der Waals surface area contributed by atoms with Crippen LogP contribution >= 0.6 is 23.2 Å². The number of ether oxygens (including phenoxy) is 1. The second-order valence-corrected chi connectivity index (χ2v) is 6.21. The Kier molecular flexibility index (Phi) is 6.45. The summed E-state index contributed by atoms with van der Waals surface area (Å²) in [4.78, 5) is 10.6. The van der Waals surface area contributed by atoms with Gasteiger partial charge in [-0.3, -0.25) is 10.1 Å². The number of rotatable bonds is 6. The van der Waals surface area contributed by atoms with Crippen LogP contribution in [0.15, 0.2) is 28.8 Å². The fraction of sp³-hybridized carbons (Fsp3) is 0.429. The third-order valence-corrected chi connectivity index (χ3v) is 3.12.